The van der Waals surface area contributed by atoms with Crippen LogP contribution in [0.3, 0.4) is 0 Å². The standard InChI is InChI=1S/C6H6BrN3O.C6H3BrN2.H2O33/c7-4-2-1-3-9-5(4)6(8)10-11;1-8-6-5(7)3-2-4-9-6;1-3-5-7-9-11-13-15-17-19-21-23-25-27-29-31-33-32-30-28-26-24-22-20-18-16-14-12-10-8-6-4-2/h1-3,11H,(H2,8,10);2-4H;1-2H. The molecule has 2 aromatic rings. The Labute approximate surface area is 299 Å². The molecule has 0 aliphatic rings. The van der Waals surface area contributed by atoms with Gasteiger partial charge in [0.15, 0.2) is 5.84 Å². The van der Waals surface area contributed by atoms with Crippen LogP contribution in [0.2, 0.25) is 0 Å². The topological polar surface area (TPSA) is 415 Å². The highest BCUT2D eigenvalue weighted by Crippen LogP contribution is 2.20. The molecule has 5 N–H and O–H groups in total. The van der Waals surface area contributed by atoms with Gasteiger partial charge in [-0.25, -0.2) is 10.5 Å². The van der Waals surface area contributed by atoms with Crippen molar-refractivity contribution >= 4 is 43.5 Å². The van der Waals surface area contributed by atoms with Crippen LogP contribution in [0.5, 0.6) is 0 Å². The third-order valence-corrected chi connectivity index (χ3v) is 4.05. The Morgan fingerprint density at radius 3 is 1.04 bits per heavy atom. The van der Waals surface area contributed by atoms with Crippen LogP contribution in [0.15, 0.2) is 50.8 Å². The van der Waals surface area contributed by atoms with E-state index in [0.717, 1.165) is 4.47 Å². The molecule has 0 aliphatic heterocycles. The maximum atomic E-state index is 8.31. The van der Waals surface area contributed by atoms with E-state index in [1.807, 2.05) is 0 Å². The summed E-state index contributed by atoms with van der Waals surface area (Å²) in [5, 5.41) is 132. The summed E-state index contributed by atoms with van der Waals surface area (Å²) in [5.41, 5.74) is 5.74. The lowest BCUT2D eigenvalue weighted by Gasteiger charge is -1.99. The third-order valence-electron chi connectivity index (χ3n) is 2.79. The first-order valence-electron chi connectivity index (χ1n) is 10.5. The average molecular weight is 929 g/mol. The molecule has 39 nitrogen and oxygen atoms in total. The molecule has 2 rings (SSSR count). The molecule has 2 aromatic heterocycles. The molecule has 41 heteroatoms. The van der Waals surface area contributed by atoms with Crippen LogP contribution in [-0.4, -0.2) is 31.5 Å². The van der Waals surface area contributed by atoms with Crippen molar-refractivity contribution in [2.24, 2.45) is 10.9 Å². The summed E-state index contributed by atoms with van der Waals surface area (Å²) < 4.78 is 1.45. The van der Waals surface area contributed by atoms with E-state index in [9.17, 15) is 0 Å². The maximum absolute atomic E-state index is 8.31. The molecule has 0 atom stereocenters. The summed E-state index contributed by atoms with van der Waals surface area (Å²) in [6.45, 7) is 6.62. The molecule has 0 aromatic carbocycles. The van der Waals surface area contributed by atoms with Gasteiger partial charge in [0.25, 0.3) is 5.82 Å². The second-order valence-corrected chi connectivity index (χ2v) is 7.07. The Morgan fingerprint density at radius 2 is 0.811 bits per heavy atom. The number of nitrogens with two attached hydrogens (primary N) is 1. The summed E-state index contributed by atoms with van der Waals surface area (Å²) in [6, 6.07) is 7.08. The second kappa shape index (κ2) is 39.9. The van der Waals surface area contributed by atoms with Gasteiger partial charge in [-0.15, -0.1) is 4.98 Å². The van der Waals surface area contributed by atoms with Crippen LogP contribution in [0, 0.1) is 6.57 Å². The number of amidine groups is 1. The van der Waals surface area contributed by atoms with Crippen LogP contribution < -0.4 is 5.73 Å². The zero-order valence-corrected chi connectivity index (χ0v) is 26.8. The molecule has 0 amide bonds. The van der Waals surface area contributed by atoms with E-state index in [1.165, 1.54) is 0 Å². The van der Waals surface area contributed by atoms with Gasteiger partial charge < -0.3 is 15.8 Å². The highest BCUT2D eigenvalue weighted by molar-refractivity contribution is 9.11. The van der Waals surface area contributed by atoms with E-state index in [4.69, 9.17) is 28.0 Å². The lowest BCUT2D eigenvalue weighted by Crippen LogP contribution is -2.15. The number of oxime groups is 1. The van der Waals surface area contributed by atoms with Gasteiger partial charge >= 0.3 is 0 Å². The molecule has 0 aliphatic carbocycles. The predicted octanol–water partition coefficient (Wildman–Crippen LogP) is 1.23. The van der Waals surface area contributed by atoms with E-state index >= 15 is 0 Å². The van der Waals surface area contributed by atoms with Gasteiger partial charge in [0.2, 0.25) is 0 Å². The largest absolute Gasteiger partial charge is 0.409 e. The van der Waals surface area contributed by atoms with Crippen LogP contribution in [0.4, 0.5) is 5.82 Å². The van der Waals surface area contributed by atoms with Gasteiger partial charge in [0.1, 0.15) is 11.9 Å². The molecular weight excluding hydrogens is 918 g/mol. The van der Waals surface area contributed by atoms with Crippen molar-refractivity contribution in [1.29, 1.82) is 0 Å². The molecular formula is C12H11Br2N5O34. The minimum atomic E-state index is -0.00234. The summed E-state index contributed by atoms with van der Waals surface area (Å²) >= 11 is 6.38. The number of halogens is 2. The fourth-order valence-electron chi connectivity index (χ4n) is 1.41. The van der Waals surface area contributed by atoms with Crippen LogP contribution in [-0.2, 0) is 156 Å². The van der Waals surface area contributed by atoms with Gasteiger partial charge in [-0.05, 0) is 115 Å². The van der Waals surface area contributed by atoms with Crippen molar-refractivity contribution in [3.63, 3.8) is 0 Å². The average Bonchev–Trinajstić information content (AvgIpc) is 3.18. The number of nitrogens with zero attached hydrogens (tertiary/aromatic N) is 4. The van der Waals surface area contributed by atoms with Crippen LogP contribution in [0.25, 0.3) is 4.85 Å². The molecule has 0 saturated heterocycles. The lowest BCUT2D eigenvalue weighted by atomic mass is 10.3. The molecule has 0 saturated carbocycles. The van der Waals surface area contributed by atoms with Gasteiger partial charge in [-0.1, -0.05) is 33.7 Å². The van der Waals surface area contributed by atoms with Crippen LogP contribution >= 0.6 is 31.9 Å². The Hall–Kier alpha value is -3.30. The fraction of sp³-hybridized carbons (Fsp3) is 0. The minimum absolute atomic E-state index is 0.00234. The Kier molecular flexibility index (Phi) is 37.4. The molecule has 53 heavy (non-hydrogen) atoms. The maximum Gasteiger partial charge on any atom is 0.283 e. The zero-order chi connectivity index (χ0) is 38.9. The van der Waals surface area contributed by atoms with Crippen LogP contribution in [0.1, 0.15) is 5.69 Å². The van der Waals surface area contributed by atoms with Gasteiger partial charge in [0.05, 0.1) is 0 Å². The number of hydrogen-bond acceptors (Lipinski definition) is 37. The number of hydrogen-bond donors (Lipinski definition) is 4. The zero-order valence-electron chi connectivity index (χ0n) is 23.6. The number of rotatable bonds is 31. The van der Waals surface area contributed by atoms with Crippen molar-refractivity contribution in [3.05, 3.63) is 62.7 Å². The molecule has 2 heterocycles. The van der Waals surface area contributed by atoms with Crippen molar-refractivity contribution in [2.45, 2.75) is 0 Å². The van der Waals surface area contributed by atoms with Crippen molar-refractivity contribution in [3.8, 4) is 0 Å². The van der Waals surface area contributed by atoms with E-state index in [-0.39, 0.29) is 5.84 Å². The Morgan fingerprint density at radius 1 is 0.528 bits per heavy atom. The lowest BCUT2D eigenvalue weighted by molar-refractivity contribution is -0.906. The Balaban J connectivity index is 0.00000107. The summed E-state index contributed by atoms with van der Waals surface area (Å²) in [5.74, 6) is 0.412. The molecule has 0 radical (unpaired) electrons. The molecule has 0 bridgehead atoms. The molecule has 0 fully saturated rings. The Bertz CT molecular complexity index is 1140. The molecule has 0 spiro atoms. The summed E-state index contributed by atoms with van der Waals surface area (Å²) in [7, 11) is 0. The first-order valence-corrected chi connectivity index (χ1v) is 12.1. The molecule has 0 unspecified atom stereocenters. The normalized spacial score (nSPS) is 11.0. The summed E-state index contributed by atoms with van der Waals surface area (Å²) in [4.78, 5) is 10.8. The monoisotopic (exact) mass is 927 g/mol. The quantitative estimate of drug-likeness (QED) is 0.0157. The highest BCUT2D eigenvalue weighted by atomic mass is 79.9. The first-order chi connectivity index (χ1) is 26.0. The van der Waals surface area contributed by atoms with E-state index in [2.05, 4.69) is 208 Å². The van der Waals surface area contributed by atoms with Crippen molar-refractivity contribution in [1.82, 2.24) is 9.97 Å². The minimum Gasteiger partial charge on any atom is -0.409 e. The first kappa shape index (κ1) is 49.7. The van der Waals surface area contributed by atoms with Gasteiger partial charge in [-0.2, -0.15) is 0 Å². The second-order valence-electron chi connectivity index (χ2n) is 5.36. The van der Waals surface area contributed by atoms with Gasteiger partial charge in [0, 0.05) is 90.7 Å². The van der Waals surface area contributed by atoms with E-state index < -0.39 is 0 Å². The predicted molar refractivity (Wildman–Crippen MR) is 122 cm³/mol. The van der Waals surface area contributed by atoms with Crippen molar-refractivity contribution < 1.29 is 172 Å². The SMILES string of the molecule is N/C(=N\O)c1ncccc1Br.OOOOOOOOOOOOOOOOOOOOOOOOOOOOOOOOO.[C-]#[N+]c1ncccc1Br. The van der Waals surface area contributed by atoms with E-state index in [1.54, 1.807) is 36.7 Å². The van der Waals surface area contributed by atoms with Gasteiger partial charge in [-0.3, -0.25) is 4.98 Å². The number of pyridine rings is 2. The third kappa shape index (κ3) is 33.0. The highest BCUT2D eigenvalue weighted by Gasteiger charge is 2.04. The molecule has 302 valence electrons. The fourth-order valence-corrected chi connectivity index (χ4v) is 2.21. The van der Waals surface area contributed by atoms with E-state index in [0.29, 0.717) is 16.0 Å². The number of aromatic nitrogens is 2. The smallest absolute Gasteiger partial charge is 0.283 e. The summed E-state index contributed by atoms with van der Waals surface area (Å²) in [6.07, 6.45) is 3.16. The van der Waals surface area contributed by atoms with Crippen molar-refractivity contribution in [2.75, 3.05) is 0 Å².